The normalized spacial score (nSPS) is 22.5. The Hall–Kier alpha value is -4.07. The highest BCUT2D eigenvalue weighted by atomic mass is 28.4. The number of nitrogens with one attached hydrogen (secondary N) is 2. The first-order valence-corrected chi connectivity index (χ1v) is 22.8. The smallest absolute Gasteiger partial charge is 0.408 e. The summed E-state index contributed by atoms with van der Waals surface area (Å²) in [6.07, 6.45) is 3.97. The van der Waals surface area contributed by atoms with Crippen LogP contribution in [0, 0.1) is 22.7 Å². The number of amides is 2. The number of fused-ring (bicyclic) bond motifs is 1. The lowest BCUT2D eigenvalue weighted by atomic mass is 9.86. The van der Waals surface area contributed by atoms with Gasteiger partial charge in [0.1, 0.15) is 48.4 Å². The van der Waals surface area contributed by atoms with Gasteiger partial charge in [-0.15, -0.1) is 0 Å². The summed E-state index contributed by atoms with van der Waals surface area (Å²) in [5, 5.41) is 21.1. The summed E-state index contributed by atoms with van der Waals surface area (Å²) < 4.78 is 32.4. The summed E-state index contributed by atoms with van der Waals surface area (Å²) in [5.74, 6) is -0.965. The summed E-state index contributed by atoms with van der Waals surface area (Å²) in [6, 6.07) is 4.43. The molecule has 55 heavy (non-hydrogen) atoms. The molecule has 4 rings (SSSR count). The van der Waals surface area contributed by atoms with Gasteiger partial charge in [-0.05, 0) is 83.1 Å². The fraction of sp³-hybridized carbons (Fsp3) is 0.718. The highest BCUT2D eigenvalue weighted by Gasteiger charge is 2.62. The van der Waals surface area contributed by atoms with Gasteiger partial charge in [0.05, 0.1) is 5.69 Å². The van der Waals surface area contributed by atoms with Crippen molar-refractivity contribution in [3.8, 4) is 6.07 Å². The number of hydrogen-bond donors (Lipinski definition) is 2. The van der Waals surface area contributed by atoms with E-state index in [1.54, 1.807) is 53.7 Å². The molecular weight excluding hydrogens is 725 g/mol. The molecule has 0 bridgehead atoms. The molecule has 2 aromatic heterocycles. The molecule has 0 aromatic carbocycles. The maximum absolute atomic E-state index is 14.3. The van der Waals surface area contributed by atoms with Crippen LogP contribution in [0.1, 0.15) is 112 Å². The molecule has 1 saturated carbocycles. The zero-order valence-corrected chi connectivity index (χ0v) is 35.2. The van der Waals surface area contributed by atoms with E-state index in [4.69, 9.17) is 23.4 Å². The lowest BCUT2D eigenvalue weighted by molar-refractivity contribution is -0.164. The number of ether oxygens (including phenoxy) is 4. The molecule has 0 spiro atoms. The molecule has 0 unspecified atom stereocenters. The van der Waals surface area contributed by atoms with E-state index in [1.165, 1.54) is 10.8 Å². The summed E-state index contributed by atoms with van der Waals surface area (Å²) >= 11 is 0. The van der Waals surface area contributed by atoms with Crippen LogP contribution in [0.25, 0.3) is 5.52 Å². The molecule has 304 valence electrons. The minimum atomic E-state index is -2.58. The number of unbranched alkanes of at least 4 members (excludes halogenated alkanes) is 2. The van der Waals surface area contributed by atoms with E-state index in [0.29, 0.717) is 11.9 Å². The van der Waals surface area contributed by atoms with Crippen molar-refractivity contribution in [1.82, 2.24) is 19.9 Å². The van der Waals surface area contributed by atoms with Crippen LogP contribution in [-0.2, 0) is 43.4 Å². The van der Waals surface area contributed by atoms with Gasteiger partial charge in [-0.3, -0.25) is 9.59 Å². The second kappa shape index (κ2) is 17.8. The first-order valence-electron chi connectivity index (χ1n) is 19.4. The van der Waals surface area contributed by atoms with Crippen LogP contribution in [0.4, 0.5) is 10.6 Å². The Morgan fingerprint density at radius 2 is 1.78 bits per heavy atom. The zero-order chi connectivity index (χ0) is 40.8. The van der Waals surface area contributed by atoms with Crippen molar-refractivity contribution in [2.45, 2.75) is 161 Å². The summed E-state index contributed by atoms with van der Waals surface area (Å²) in [7, 11) is -2.58. The summed E-state index contributed by atoms with van der Waals surface area (Å²) in [4.78, 5) is 57.5. The maximum atomic E-state index is 14.3. The first-order chi connectivity index (χ1) is 25.7. The largest absolute Gasteiger partial charge is 0.463 e. The quantitative estimate of drug-likeness (QED) is 0.0857. The maximum Gasteiger partial charge on any atom is 0.408 e. The third-order valence-electron chi connectivity index (χ3n) is 9.50. The number of hydrogen-bond acceptors (Lipinski definition) is 12. The van der Waals surface area contributed by atoms with E-state index in [9.17, 15) is 24.4 Å². The lowest BCUT2D eigenvalue weighted by Crippen LogP contribution is -2.55. The molecule has 5 atom stereocenters. The molecule has 15 nitrogen and oxygen atoms in total. The van der Waals surface area contributed by atoms with Crippen LogP contribution in [0.5, 0.6) is 0 Å². The van der Waals surface area contributed by atoms with Crippen LogP contribution in [0.2, 0.25) is 19.6 Å². The van der Waals surface area contributed by atoms with Gasteiger partial charge in [-0.2, -0.15) is 10.4 Å². The van der Waals surface area contributed by atoms with E-state index in [1.807, 2.05) is 19.6 Å². The molecule has 1 aliphatic carbocycles. The Balaban J connectivity index is 1.77. The fourth-order valence-electron chi connectivity index (χ4n) is 6.93. The Labute approximate surface area is 325 Å². The van der Waals surface area contributed by atoms with Crippen LogP contribution < -0.4 is 10.6 Å². The molecule has 1 saturated heterocycles. The van der Waals surface area contributed by atoms with E-state index in [-0.39, 0.29) is 36.4 Å². The van der Waals surface area contributed by atoms with Crippen molar-refractivity contribution in [3.05, 3.63) is 24.2 Å². The summed E-state index contributed by atoms with van der Waals surface area (Å²) in [5.41, 5.74) is -2.98. The average Bonchev–Trinajstić information content (AvgIpc) is 3.80. The van der Waals surface area contributed by atoms with E-state index >= 15 is 0 Å². The van der Waals surface area contributed by atoms with Gasteiger partial charge in [0.25, 0.3) is 0 Å². The molecule has 2 amide bonds. The number of nitrogens with zero attached hydrogens (tertiary/aromatic N) is 4. The van der Waals surface area contributed by atoms with Gasteiger partial charge in [-0.1, -0.05) is 53.4 Å². The van der Waals surface area contributed by atoms with E-state index < -0.39 is 67.3 Å². The second-order valence-corrected chi connectivity index (χ2v) is 22.1. The summed E-state index contributed by atoms with van der Waals surface area (Å²) in [6.45, 7) is 18.0. The van der Waals surface area contributed by atoms with Crippen molar-refractivity contribution >= 4 is 43.6 Å². The van der Waals surface area contributed by atoms with Gasteiger partial charge in [0, 0.05) is 12.8 Å². The third kappa shape index (κ3) is 11.5. The number of aromatic nitrogens is 3. The SMILES string of the molecule is CCCCCC(=O)Nc1ncnn2c([C@]3(C#N)O[C@H](COC(=O)CC4CCCC4)[C@@H](OC(=O)[C@@H](NC(=O)OC(C)(C)C)C(C)(C)C)[C@H]3O[Si](C)(C)C)ccc12. The molecular formula is C39H60N6O9Si. The Bertz CT molecular complexity index is 1720. The molecule has 2 aromatic rings. The van der Waals surface area contributed by atoms with Crippen molar-refractivity contribution < 1.29 is 42.6 Å². The van der Waals surface area contributed by atoms with Crippen molar-refractivity contribution in [1.29, 1.82) is 5.26 Å². The van der Waals surface area contributed by atoms with E-state index in [2.05, 4.69) is 33.7 Å². The van der Waals surface area contributed by atoms with Gasteiger partial charge in [0.15, 0.2) is 20.2 Å². The minimum Gasteiger partial charge on any atom is -0.463 e. The van der Waals surface area contributed by atoms with Crippen molar-refractivity contribution in [2.24, 2.45) is 11.3 Å². The number of alkyl carbamates (subject to hydrolysis) is 1. The molecule has 3 heterocycles. The first kappa shape index (κ1) is 43.7. The monoisotopic (exact) mass is 784 g/mol. The van der Waals surface area contributed by atoms with Crippen molar-refractivity contribution in [2.75, 3.05) is 11.9 Å². The molecule has 0 radical (unpaired) electrons. The number of rotatable bonds is 15. The van der Waals surface area contributed by atoms with Gasteiger partial charge in [-0.25, -0.2) is 19.1 Å². The molecule has 1 aliphatic heterocycles. The third-order valence-corrected chi connectivity index (χ3v) is 10.5. The van der Waals surface area contributed by atoms with Gasteiger partial charge >= 0.3 is 18.0 Å². The van der Waals surface area contributed by atoms with Crippen LogP contribution >= 0.6 is 0 Å². The molecule has 2 aliphatic rings. The number of carbonyl (C=O) groups excluding carboxylic acids is 4. The second-order valence-electron chi connectivity index (χ2n) is 17.7. The zero-order valence-electron chi connectivity index (χ0n) is 34.2. The standard InChI is InChI=1S/C39H60N6O9Si/c1-11-12-13-18-29(46)43-34-26-19-20-28(45(26)42-24-41-34)39(23-40)33(54-55(8,9)10)31(27(52-39)22-50-30(47)21-25-16-14-15-17-25)51-35(48)32(37(2,3)4)44-36(49)53-38(5,6)7/h19-20,24-25,27,31-33H,11-18,21-22H2,1-10H3,(H,44,49)(H,41,42,43,46)/t27-,31-,32-,33-,39+/m1/s1. The molecule has 2 N–H and O–H groups in total. The average molecular weight is 785 g/mol. The Kier molecular flexibility index (Phi) is 14.1. The van der Waals surface area contributed by atoms with Gasteiger partial charge < -0.3 is 34.0 Å². The number of nitriles is 1. The number of carbonyl (C=O) groups is 4. The van der Waals surface area contributed by atoms with Crippen molar-refractivity contribution in [3.63, 3.8) is 0 Å². The van der Waals surface area contributed by atoms with E-state index in [0.717, 1.165) is 44.9 Å². The fourth-order valence-corrected chi connectivity index (χ4v) is 7.99. The van der Waals surface area contributed by atoms with Gasteiger partial charge in [0.2, 0.25) is 11.5 Å². The topological polar surface area (TPSA) is 192 Å². The van der Waals surface area contributed by atoms with Crippen LogP contribution in [0.3, 0.4) is 0 Å². The predicted molar refractivity (Wildman–Crippen MR) is 206 cm³/mol. The Morgan fingerprint density at radius 3 is 2.38 bits per heavy atom. The highest BCUT2D eigenvalue weighted by Crippen LogP contribution is 2.45. The number of anilines is 1. The predicted octanol–water partition coefficient (Wildman–Crippen LogP) is 6.56. The van der Waals surface area contributed by atoms with Crippen LogP contribution in [0.15, 0.2) is 18.5 Å². The highest BCUT2D eigenvalue weighted by molar-refractivity contribution is 6.69. The minimum absolute atomic E-state index is 0.205. The number of esters is 2. The molecule has 2 fully saturated rings. The lowest BCUT2D eigenvalue weighted by Gasteiger charge is -2.35. The molecule has 16 heteroatoms. The Morgan fingerprint density at radius 1 is 1.09 bits per heavy atom. The van der Waals surface area contributed by atoms with Crippen LogP contribution in [-0.4, -0.2) is 83.4 Å².